The summed E-state index contributed by atoms with van der Waals surface area (Å²) in [5, 5.41) is 66.7. The van der Waals surface area contributed by atoms with Crippen molar-refractivity contribution in [1.29, 1.82) is 0 Å². The van der Waals surface area contributed by atoms with Gasteiger partial charge in [0.1, 0.15) is 0 Å². The molecule has 13 nitrogen and oxygen atoms in total. The molecule has 0 aromatic rings. The maximum absolute atomic E-state index is 8.33. The molecule has 0 aliphatic carbocycles. The Morgan fingerprint density at radius 2 is 0.391 bits per heavy atom. The molecule has 0 fully saturated rings. The van der Waals surface area contributed by atoms with Crippen LogP contribution < -0.4 is 159 Å². The van der Waals surface area contributed by atoms with Gasteiger partial charge in [-0.05, 0) is 24.6 Å². The fraction of sp³-hybridized carbons (Fsp3) is 0. The van der Waals surface area contributed by atoms with E-state index >= 15 is 0 Å². The third-order valence-corrected chi connectivity index (χ3v) is 0. The molecule has 0 amide bonds. The van der Waals surface area contributed by atoms with E-state index in [4.69, 9.17) is 60.0 Å². The predicted molar refractivity (Wildman–Crippen MR) is 25.2 cm³/mol. The zero-order chi connectivity index (χ0) is 14.3. The van der Waals surface area contributed by atoms with E-state index in [1.165, 1.54) is 0 Å². The molecule has 0 heterocycles. The van der Waals surface area contributed by atoms with Crippen LogP contribution in [0.4, 0.5) is 19.2 Å². The minimum atomic E-state index is -2.33. The Morgan fingerprint density at radius 3 is 0.391 bits per heavy atom. The van der Waals surface area contributed by atoms with E-state index in [-0.39, 0.29) is 163 Å². The second kappa shape index (κ2) is 64.5. The van der Waals surface area contributed by atoms with E-state index in [0.29, 0.717) is 0 Å². The fourth-order valence-electron chi connectivity index (χ4n) is 0. The van der Waals surface area contributed by atoms with Gasteiger partial charge in [0.2, 0.25) is 0 Å². The average molecular weight is 556 g/mol. The van der Waals surface area contributed by atoms with Gasteiger partial charge in [0.25, 0.3) is 0 Å². The molecule has 0 aliphatic rings. The van der Waals surface area contributed by atoms with Crippen molar-refractivity contribution in [2.24, 2.45) is 0 Å². The van der Waals surface area contributed by atoms with Crippen LogP contribution in [0.1, 0.15) is 0 Å². The van der Waals surface area contributed by atoms with Crippen molar-refractivity contribution in [2.75, 3.05) is 0 Å². The van der Waals surface area contributed by atoms with Gasteiger partial charge in [-0.15, -0.1) is 0 Å². The van der Waals surface area contributed by atoms with Crippen molar-refractivity contribution >= 4 is 24.6 Å². The standard InChI is InChI=1S/4CH2O3.4Na.H2O.2Rh/c4*2-1(3)4;;;;;;;/h4*(H2,2,3,4);;;;;1H2;;/q;;;;4*+1;;2*+2/p-8. The number of rotatable bonds is 0. The van der Waals surface area contributed by atoms with Crippen LogP contribution in [0.3, 0.4) is 0 Å². The van der Waals surface area contributed by atoms with Gasteiger partial charge in [0, 0.05) is 0 Å². The topological polar surface area (TPSA) is 284 Å². The molecule has 23 heavy (non-hydrogen) atoms. The van der Waals surface area contributed by atoms with E-state index in [2.05, 4.69) is 0 Å². The normalized spacial score (nSPS) is 4.17. The Balaban J connectivity index is -0.00000000842. The van der Waals surface area contributed by atoms with Crippen LogP contribution in [0.5, 0.6) is 0 Å². The van der Waals surface area contributed by atoms with E-state index in [1.54, 1.807) is 0 Å². The van der Waals surface area contributed by atoms with Gasteiger partial charge in [-0.1, -0.05) is 0 Å². The van der Waals surface area contributed by atoms with Crippen LogP contribution >= 0.6 is 0 Å². The summed E-state index contributed by atoms with van der Waals surface area (Å²) in [6, 6.07) is 0. The first-order chi connectivity index (χ1) is 6.93. The summed E-state index contributed by atoms with van der Waals surface area (Å²) in [6.07, 6.45) is -9.33. The summed E-state index contributed by atoms with van der Waals surface area (Å²) >= 11 is 0. The van der Waals surface area contributed by atoms with Crippen LogP contribution in [-0.2, 0) is 39.0 Å². The van der Waals surface area contributed by atoms with Crippen molar-refractivity contribution in [3.05, 3.63) is 0 Å². The molecule has 0 saturated carbocycles. The van der Waals surface area contributed by atoms with Crippen molar-refractivity contribution in [1.82, 2.24) is 0 Å². The monoisotopic (exact) mass is 556 g/mol. The molecule has 0 rings (SSSR count). The van der Waals surface area contributed by atoms with E-state index in [1.807, 2.05) is 0 Å². The summed E-state index contributed by atoms with van der Waals surface area (Å²) in [5.41, 5.74) is 0. The van der Waals surface area contributed by atoms with Gasteiger partial charge in [0.15, 0.2) is 0 Å². The first-order valence-corrected chi connectivity index (χ1v) is 2.45. The molecule has 0 aromatic carbocycles. The molecule has 0 spiro atoms. The quantitative estimate of drug-likeness (QED) is 0.252. The largest absolute Gasteiger partial charge is 2.00 e. The molecule has 19 heteroatoms. The second-order valence-electron chi connectivity index (χ2n) is 1.00. The number of carboxylic acid groups (broad SMARTS) is 8. The maximum atomic E-state index is 8.33. The minimum absolute atomic E-state index is 0. The summed E-state index contributed by atoms with van der Waals surface area (Å²) in [7, 11) is 0. The average Bonchev–Trinajstić information content (AvgIpc) is 1.76. The molecular formula is C4H2Na4O13Rh2. The van der Waals surface area contributed by atoms with Crippen LogP contribution in [0.25, 0.3) is 0 Å². The van der Waals surface area contributed by atoms with Crippen molar-refractivity contribution in [2.45, 2.75) is 0 Å². The van der Waals surface area contributed by atoms with Gasteiger partial charge >= 0.3 is 157 Å². The number of hydrogen-bond donors (Lipinski definition) is 0. The molecule has 0 unspecified atom stereocenters. The van der Waals surface area contributed by atoms with Crippen LogP contribution in [-0.4, -0.2) is 30.1 Å². The zero-order valence-electron chi connectivity index (χ0n) is 12.1. The Kier molecular flexibility index (Phi) is 205. The smallest absolute Gasteiger partial charge is 0.652 e. The predicted octanol–water partition coefficient (Wildman–Crippen LogP) is -22.6. The van der Waals surface area contributed by atoms with Gasteiger partial charge in [-0.2, -0.15) is 0 Å². The maximum Gasteiger partial charge on any atom is 2.00 e. The first kappa shape index (κ1) is 73.1. The second-order valence-corrected chi connectivity index (χ2v) is 1.00. The Morgan fingerprint density at radius 1 is 0.391 bits per heavy atom. The molecular weight excluding hydrogens is 554 g/mol. The minimum Gasteiger partial charge on any atom is -0.652 e. The fourth-order valence-corrected chi connectivity index (χ4v) is 0. The third-order valence-electron chi connectivity index (χ3n) is 0. The van der Waals surface area contributed by atoms with Crippen LogP contribution in [0.15, 0.2) is 0 Å². The molecule has 2 N–H and O–H groups in total. The van der Waals surface area contributed by atoms with E-state index < -0.39 is 24.6 Å². The van der Waals surface area contributed by atoms with Gasteiger partial charge < -0.3 is 65.5 Å². The number of hydrogen-bond acceptors (Lipinski definition) is 12. The van der Waals surface area contributed by atoms with Crippen molar-refractivity contribution < 1.29 is 223 Å². The molecule has 0 aliphatic heterocycles. The SMILES string of the molecule is O.O=C([O-])[O-].O=C([O-])[O-].O=C([O-])[O-].O=C([O-])[O-].[Na+].[Na+].[Na+].[Na+].[Rh+2].[Rh+2]. The summed E-state index contributed by atoms with van der Waals surface area (Å²) in [5.74, 6) is 0. The summed E-state index contributed by atoms with van der Waals surface area (Å²) < 4.78 is 0. The molecule has 118 valence electrons. The van der Waals surface area contributed by atoms with Crippen LogP contribution in [0, 0.1) is 0 Å². The van der Waals surface area contributed by atoms with Gasteiger partial charge in [-0.3, -0.25) is 0 Å². The molecule has 0 aromatic heterocycles. The molecule has 2 radical (unpaired) electrons. The van der Waals surface area contributed by atoms with Gasteiger partial charge in [-0.25, -0.2) is 0 Å². The van der Waals surface area contributed by atoms with E-state index in [0.717, 1.165) is 0 Å². The Hall–Kier alpha value is 2.29. The van der Waals surface area contributed by atoms with Gasteiger partial charge in [0.05, 0.1) is 0 Å². The summed E-state index contributed by atoms with van der Waals surface area (Å²) in [6.45, 7) is 0. The molecule has 0 atom stereocenters. The molecule has 0 bridgehead atoms. The molecule has 0 saturated heterocycles. The van der Waals surface area contributed by atoms with Crippen molar-refractivity contribution in [3.8, 4) is 0 Å². The summed E-state index contributed by atoms with van der Waals surface area (Å²) in [4.78, 5) is 33.3. The Labute approximate surface area is 243 Å². The van der Waals surface area contributed by atoms with E-state index in [9.17, 15) is 0 Å². The number of carbonyl (C=O) groups is 4. The third kappa shape index (κ3) is 2310. The first-order valence-electron chi connectivity index (χ1n) is 2.45. The van der Waals surface area contributed by atoms with Crippen molar-refractivity contribution in [3.63, 3.8) is 0 Å². The number of carbonyl (C=O) groups excluding carboxylic acids is 4. The van der Waals surface area contributed by atoms with Crippen LogP contribution in [0.2, 0.25) is 0 Å². The Bertz CT molecular complexity index is 178. The zero-order valence-corrected chi connectivity index (χ0v) is 23.3.